The monoisotopic (exact) mass is 407 g/mol. The third-order valence-electron chi connectivity index (χ3n) is 4.60. The maximum atomic E-state index is 12.9. The molecule has 0 bridgehead atoms. The summed E-state index contributed by atoms with van der Waals surface area (Å²) in [6.45, 7) is -0.0849. The number of carbonyl (C=O) groups is 2. The van der Waals surface area contributed by atoms with Crippen LogP contribution in [0.25, 0.3) is 0 Å². The lowest BCUT2D eigenvalue weighted by Gasteiger charge is -2.22. The minimum absolute atomic E-state index is 0.0107. The highest BCUT2D eigenvalue weighted by molar-refractivity contribution is 7.92. The predicted octanol–water partition coefficient (Wildman–Crippen LogP) is 2.57. The Hall–Kier alpha value is -2.38. The van der Waals surface area contributed by atoms with Crippen LogP contribution in [0, 0.1) is 0 Å². The Morgan fingerprint density at radius 3 is 2.30 bits per heavy atom. The van der Waals surface area contributed by atoms with Crippen molar-refractivity contribution in [1.82, 2.24) is 4.90 Å². The fraction of sp³-hybridized carbons (Fsp3) is 0.263. The number of methoxy groups -OCH3 is 1. The minimum atomic E-state index is -3.69. The Kier molecular flexibility index (Phi) is 5.53. The number of esters is 1. The first kappa shape index (κ1) is 19.4. The van der Waals surface area contributed by atoms with Crippen LogP contribution < -0.4 is 0 Å². The summed E-state index contributed by atoms with van der Waals surface area (Å²) in [5.41, 5.74) is 0.325. The second kappa shape index (κ2) is 7.70. The average molecular weight is 408 g/mol. The van der Waals surface area contributed by atoms with E-state index in [9.17, 15) is 18.0 Å². The molecular formula is C19H18ClNO5S. The Morgan fingerprint density at radius 2 is 1.70 bits per heavy atom. The first-order chi connectivity index (χ1) is 12.8. The standard InChI is InChI=1S/C19H18ClNO5S/c1-26-19(23)17-11-16(27(24,25)15-5-3-2-4-6-15)12-21(17)18(22)13-7-9-14(20)10-8-13/h2-10,16-17H,11-12H2,1H3/t16-,17+/m1/s1. The predicted molar refractivity (Wildman–Crippen MR) is 100 cm³/mol. The van der Waals surface area contributed by atoms with Crippen LogP contribution in [0.1, 0.15) is 16.8 Å². The molecule has 0 aromatic heterocycles. The number of likely N-dealkylation sites (tertiary alicyclic amines) is 1. The first-order valence-electron chi connectivity index (χ1n) is 8.28. The number of hydrogen-bond acceptors (Lipinski definition) is 5. The van der Waals surface area contributed by atoms with E-state index in [0.717, 1.165) is 0 Å². The Bertz CT molecular complexity index is 944. The average Bonchev–Trinajstić information content (AvgIpc) is 3.14. The van der Waals surface area contributed by atoms with Crippen molar-refractivity contribution < 1.29 is 22.7 Å². The van der Waals surface area contributed by atoms with Crippen molar-refractivity contribution in [2.45, 2.75) is 22.6 Å². The van der Waals surface area contributed by atoms with Gasteiger partial charge in [-0.05, 0) is 42.8 Å². The summed E-state index contributed by atoms with van der Waals surface area (Å²) in [5.74, 6) is -1.07. The third kappa shape index (κ3) is 3.84. The van der Waals surface area contributed by atoms with Gasteiger partial charge in [-0.2, -0.15) is 0 Å². The Labute approximate surface area is 162 Å². The van der Waals surface area contributed by atoms with E-state index in [-0.39, 0.29) is 17.9 Å². The molecule has 3 rings (SSSR count). The van der Waals surface area contributed by atoms with Crippen molar-refractivity contribution in [1.29, 1.82) is 0 Å². The zero-order valence-electron chi connectivity index (χ0n) is 14.5. The van der Waals surface area contributed by atoms with E-state index in [2.05, 4.69) is 0 Å². The van der Waals surface area contributed by atoms with Gasteiger partial charge in [-0.1, -0.05) is 29.8 Å². The van der Waals surface area contributed by atoms with Gasteiger partial charge in [0.15, 0.2) is 9.84 Å². The van der Waals surface area contributed by atoms with Crippen LogP contribution in [0.5, 0.6) is 0 Å². The molecule has 2 aromatic rings. The summed E-state index contributed by atoms with van der Waals surface area (Å²) in [7, 11) is -2.48. The molecular weight excluding hydrogens is 390 g/mol. The van der Waals surface area contributed by atoms with Gasteiger partial charge < -0.3 is 9.64 Å². The Balaban J connectivity index is 1.92. The van der Waals surface area contributed by atoms with Crippen LogP contribution >= 0.6 is 11.6 Å². The van der Waals surface area contributed by atoms with Crippen molar-refractivity contribution >= 4 is 33.3 Å². The lowest BCUT2D eigenvalue weighted by atomic mass is 10.1. The summed E-state index contributed by atoms with van der Waals surface area (Å²) in [4.78, 5) is 26.5. The number of sulfone groups is 1. The number of nitrogens with zero attached hydrogens (tertiary/aromatic N) is 1. The molecule has 0 unspecified atom stereocenters. The number of benzene rings is 2. The highest BCUT2D eigenvalue weighted by Gasteiger charge is 2.46. The van der Waals surface area contributed by atoms with Crippen molar-refractivity contribution in [3.63, 3.8) is 0 Å². The fourth-order valence-electron chi connectivity index (χ4n) is 3.17. The van der Waals surface area contributed by atoms with Crippen LogP contribution in [0.2, 0.25) is 5.02 Å². The zero-order chi connectivity index (χ0) is 19.6. The van der Waals surface area contributed by atoms with Crippen LogP contribution in [0.4, 0.5) is 0 Å². The molecule has 0 saturated carbocycles. The fourth-order valence-corrected chi connectivity index (χ4v) is 5.01. The molecule has 27 heavy (non-hydrogen) atoms. The molecule has 2 atom stereocenters. The molecule has 1 aliphatic rings. The lowest BCUT2D eigenvalue weighted by Crippen LogP contribution is -2.41. The van der Waals surface area contributed by atoms with E-state index in [1.54, 1.807) is 30.3 Å². The smallest absolute Gasteiger partial charge is 0.328 e. The van der Waals surface area contributed by atoms with Gasteiger partial charge in [0.2, 0.25) is 0 Å². The van der Waals surface area contributed by atoms with Gasteiger partial charge in [0.1, 0.15) is 6.04 Å². The molecule has 6 nitrogen and oxygen atoms in total. The van der Waals surface area contributed by atoms with Crippen LogP contribution in [0.15, 0.2) is 59.5 Å². The second-order valence-corrected chi connectivity index (χ2v) is 8.88. The van der Waals surface area contributed by atoms with Gasteiger partial charge in [-0.25, -0.2) is 13.2 Å². The highest BCUT2D eigenvalue weighted by Crippen LogP contribution is 2.30. The summed E-state index contributed by atoms with van der Waals surface area (Å²) >= 11 is 5.85. The van der Waals surface area contributed by atoms with E-state index >= 15 is 0 Å². The van der Waals surface area contributed by atoms with E-state index < -0.39 is 33.0 Å². The molecule has 1 aliphatic heterocycles. The molecule has 1 amide bonds. The zero-order valence-corrected chi connectivity index (χ0v) is 16.1. The lowest BCUT2D eigenvalue weighted by molar-refractivity contribution is -0.145. The maximum absolute atomic E-state index is 12.9. The van der Waals surface area contributed by atoms with Gasteiger partial charge in [-0.3, -0.25) is 4.79 Å². The van der Waals surface area contributed by atoms with Gasteiger partial charge in [0, 0.05) is 17.1 Å². The molecule has 0 N–H and O–H groups in total. The number of rotatable bonds is 4. The summed E-state index contributed by atoms with van der Waals surface area (Å²) in [5, 5.41) is -0.415. The molecule has 0 radical (unpaired) electrons. The van der Waals surface area contributed by atoms with Crippen molar-refractivity contribution in [2.75, 3.05) is 13.7 Å². The van der Waals surface area contributed by atoms with Crippen LogP contribution in [-0.2, 0) is 19.4 Å². The van der Waals surface area contributed by atoms with E-state index in [4.69, 9.17) is 16.3 Å². The van der Waals surface area contributed by atoms with Crippen molar-refractivity contribution in [3.8, 4) is 0 Å². The summed E-state index contributed by atoms with van der Waals surface area (Å²) < 4.78 is 30.7. The molecule has 1 heterocycles. The molecule has 2 aromatic carbocycles. The topological polar surface area (TPSA) is 80.8 Å². The molecule has 142 valence electrons. The maximum Gasteiger partial charge on any atom is 0.328 e. The van der Waals surface area contributed by atoms with Crippen molar-refractivity contribution in [3.05, 3.63) is 65.2 Å². The number of halogens is 1. The SMILES string of the molecule is COC(=O)[C@@H]1C[C@@H](S(=O)(=O)c2ccccc2)CN1C(=O)c1ccc(Cl)cc1. The summed E-state index contributed by atoms with van der Waals surface area (Å²) in [6.07, 6.45) is -0.0107. The van der Waals surface area contributed by atoms with Crippen molar-refractivity contribution in [2.24, 2.45) is 0 Å². The van der Waals surface area contributed by atoms with E-state index in [1.165, 1.54) is 36.3 Å². The van der Waals surface area contributed by atoms with Crippen LogP contribution in [-0.4, -0.2) is 50.1 Å². The second-order valence-electron chi connectivity index (χ2n) is 6.22. The quantitative estimate of drug-likeness (QED) is 0.727. The molecule has 0 spiro atoms. The van der Waals surface area contributed by atoms with E-state index in [0.29, 0.717) is 10.6 Å². The molecule has 1 fully saturated rings. The Morgan fingerprint density at radius 1 is 1.07 bits per heavy atom. The number of carbonyl (C=O) groups excluding carboxylic acids is 2. The third-order valence-corrected chi connectivity index (χ3v) is 7.00. The van der Waals surface area contributed by atoms with Gasteiger partial charge in [0.25, 0.3) is 5.91 Å². The van der Waals surface area contributed by atoms with Gasteiger partial charge in [-0.15, -0.1) is 0 Å². The van der Waals surface area contributed by atoms with E-state index in [1.807, 2.05) is 0 Å². The van der Waals surface area contributed by atoms with Crippen LogP contribution in [0.3, 0.4) is 0 Å². The molecule has 0 aliphatic carbocycles. The molecule has 1 saturated heterocycles. The number of ether oxygens (including phenoxy) is 1. The van der Waals surface area contributed by atoms with Gasteiger partial charge >= 0.3 is 5.97 Å². The van der Waals surface area contributed by atoms with Gasteiger partial charge in [0.05, 0.1) is 17.3 Å². The minimum Gasteiger partial charge on any atom is -0.467 e. The highest BCUT2D eigenvalue weighted by atomic mass is 35.5. The first-order valence-corrected chi connectivity index (χ1v) is 10.2. The number of hydrogen-bond donors (Lipinski definition) is 0. The summed E-state index contributed by atoms with van der Waals surface area (Å²) in [6, 6.07) is 13.3. The number of amides is 1. The largest absolute Gasteiger partial charge is 0.467 e. The normalized spacial score (nSPS) is 19.7. The molecule has 8 heteroatoms.